The van der Waals surface area contributed by atoms with Gasteiger partial charge in [-0.15, -0.1) is 0 Å². The van der Waals surface area contributed by atoms with Crippen molar-refractivity contribution in [3.63, 3.8) is 0 Å². The third-order valence-corrected chi connectivity index (χ3v) is 5.52. The average molecular weight is 282 g/mol. The molecule has 2 rings (SSSR count). The first kappa shape index (κ1) is 14.3. The Kier molecular flexibility index (Phi) is 4.47. The van der Waals surface area contributed by atoms with E-state index in [1.165, 1.54) is 0 Å². The zero-order chi connectivity index (χ0) is 13.9. The number of nitrogens with one attached hydrogen (secondary N) is 1. The molecule has 0 aliphatic heterocycles. The van der Waals surface area contributed by atoms with Crippen molar-refractivity contribution in [2.45, 2.75) is 49.6 Å². The number of rotatable bonds is 4. The third-order valence-electron chi connectivity index (χ3n) is 3.73. The molecular weight excluding hydrogens is 260 g/mol. The van der Waals surface area contributed by atoms with E-state index in [0.717, 1.165) is 31.4 Å². The predicted molar refractivity (Wildman–Crippen MR) is 78.0 cm³/mol. The summed E-state index contributed by atoms with van der Waals surface area (Å²) in [4.78, 5) is 0.410. The zero-order valence-corrected chi connectivity index (χ0v) is 12.1. The molecule has 3 N–H and O–H groups in total. The molecule has 0 unspecified atom stereocenters. The highest BCUT2D eigenvalue weighted by atomic mass is 32.2. The van der Waals surface area contributed by atoms with E-state index in [1.54, 1.807) is 19.1 Å². The fourth-order valence-electron chi connectivity index (χ4n) is 2.50. The van der Waals surface area contributed by atoms with Crippen LogP contribution in [-0.4, -0.2) is 26.3 Å². The number of hydrogen-bond acceptors (Lipinski definition) is 4. The molecule has 0 radical (unpaired) electrons. The second-order valence-corrected chi connectivity index (χ2v) is 7.40. The van der Waals surface area contributed by atoms with Gasteiger partial charge in [-0.2, -0.15) is 0 Å². The number of hydrogen-bond donors (Lipinski definition) is 2. The Morgan fingerprint density at radius 3 is 2.47 bits per heavy atom. The molecule has 1 aliphatic carbocycles. The lowest BCUT2D eigenvalue weighted by molar-refractivity contribution is 0.410. The average Bonchev–Trinajstić information content (AvgIpc) is 2.42. The van der Waals surface area contributed by atoms with E-state index in [-0.39, 0.29) is 5.75 Å². The second-order valence-electron chi connectivity index (χ2n) is 5.16. The van der Waals surface area contributed by atoms with Gasteiger partial charge in [0, 0.05) is 12.1 Å². The summed E-state index contributed by atoms with van der Waals surface area (Å²) in [5, 5.41) is 3.38. The maximum atomic E-state index is 12.1. The molecule has 4 nitrogen and oxygen atoms in total. The SMILES string of the molecule is CCS(=O)(=O)c1ccccc1NC1CCC(N)CC1. The Morgan fingerprint density at radius 2 is 1.84 bits per heavy atom. The van der Waals surface area contributed by atoms with Gasteiger partial charge in [-0.1, -0.05) is 19.1 Å². The Hall–Kier alpha value is -1.07. The molecule has 1 aromatic carbocycles. The van der Waals surface area contributed by atoms with E-state index in [1.807, 2.05) is 12.1 Å². The van der Waals surface area contributed by atoms with E-state index < -0.39 is 9.84 Å². The molecule has 0 bridgehead atoms. The van der Waals surface area contributed by atoms with E-state index in [4.69, 9.17) is 5.73 Å². The molecule has 0 aromatic heterocycles. The van der Waals surface area contributed by atoms with Crippen LogP contribution in [-0.2, 0) is 9.84 Å². The quantitative estimate of drug-likeness (QED) is 0.887. The van der Waals surface area contributed by atoms with Gasteiger partial charge in [0.25, 0.3) is 0 Å². The van der Waals surface area contributed by atoms with E-state index in [2.05, 4.69) is 5.32 Å². The van der Waals surface area contributed by atoms with Crippen LogP contribution in [0.3, 0.4) is 0 Å². The zero-order valence-electron chi connectivity index (χ0n) is 11.3. The van der Waals surface area contributed by atoms with Gasteiger partial charge in [0.15, 0.2) is 9.84 Å². The van der Waals surface area contributed by atoms with Gasteiger partial charge in [0.1, 0.15) is 0 Å². The Labute approximate surface area is 115 Å². The molecule has 1 fully saturated rings. The van der Waals surface area contributed by atoms with Crippen LogP contribution in [0.25, 0.3) is 0 Å². The number of para-hydroxylation sites is 1. The van der Waals surface area contributed by atoms with Crippen molar-refractivity contribution < 1.29 is 8.42 Å². The van der Waals surface area contributed by atoms with Crippen LogP contribution in [0.2, 0.25) is 0 Å². The molecule has 1 aromatic rings. The maximum absolute atomic E-state index is 12.1. The first-order valence-electron chi connectivity index (χ1n) is 6.87. The normalized spacial score (nSPS) is 24.1. The Morgan fingerprint density at radius 1 is 1.21 bits per heavy atom. The molecule has 0 saturated heterocycles. The molecule has 1 aliphatic rings. The highest BCUT2D eigenvalue weighted by Crippen LogP contribution is 2.26. The molecule has 0 heterocycles. The summed E-state index contributed by atoms with van der Waals surface area (Å²) < 4.78 is 24.1. The number of anilines is 1. The first-order chi connectivity index (χ1) is 9.03. The topological polar surface area (TPSA) is 72.2 Å². The van der Waals surface area contributed by atoms with Crippen LogP contribution >= 0.6 is 0 Å². The van der Waals surface area contributed by atoms with Crippen molar-refractivity contribution in [2.75, 3.05) is 11.1 Å². The highest BCUT2D eigenvalue weighted by molar-refractivity contribution is 7.91. The maximum Gasteiger partial charge on any atom is 0.180 e. The lowest BCUT2D eigenvalue weighted by Gasteiger charge is -2.28. The summed E-state index contributed by atoms with van der Waals surface area (Å²) >= 11 is 0. The number of nitrogens with two attached hydrogens (primary N) is 1. The molecule has 19 heavy (non-hydrogen) atoms. The monoisotopic (exact) mass is 282 g/mol. The molecule has 0 atom stereocenters. The summed E-state index contributed by atoms with van der Waals surface area (Å²) in [5.41, 5.74) is 6.61. The van der Waals surface area contributed by atoms with Gasteiger partial charge in [0.2, 0.25) is 0 Å². The fourth-order valence-corrected chi connectivity index (χ4v) is 3.55. The fraction of sp³-hybridized carbons (Fsp3) is 0.571. The van der Waals surface area contributed by atoms with Crippen LogP contribution in [0.4, 0.5) is 5.69 Å². The van der Waals surface area contributed by atoms with Gasteiger partial charge in [0.05, 0.1) is 16.3 Å². The lowest BCUT2D eigenvalue weighted by Crippen LogP contribution is -2.33. The summed E-state index contributed by atoms with van der Waals surface area (Å²) in [7, 11) is -3.18. The highest BCUT2D eigenvalue weighted by Gasteiger charge is 2.21. The number of sulfone groups is 1. The number of benzene rings is 1. The standard InChI is InChI=1S/C14H22N2O2S/c1-2-19(17,18)14-6-4-3-5-13(14)16-12-9-7-11(15)8-10-12/h3-6,11-12,16H,2,7-10,15H2,1H3. The Bertz CT molecular complexity index is 520. The van der Waals surface area contributed by atoms with Crippen LogP contribution < -0.4 is 11.1 Å². The third kappa shape index (κ3) is 3.48. The van der Waals surface area contributed by atoms with Gasteiger partial charge in [-0.3, -0.25) is 0 Å². The van der Waals surface area contributed by atoms with Crippen molar-refractivity contribution in [2.24, 2.45) is 5.73 Å². The molecule has 5 heteroatoms. The second kappa shape index (κ2) is 5.92. The van der Waals surface area contributed by atoms with Gasteiger partial charge >= 0.3 is 0 Å². The van der Waals surface area contributed by atoms with Crippen LogP contribution in [0, 0.1) is 0 Å². The summed E-state index contributed by atoms with van der Waals surface area (Å²) in [6, 6.07) is 7.78. The minimum atomic E-state index is -3.18. The van der Waals surface area contributed by atoms with E-state index in [9.17, 15) is 8.42 Å². The van der Waals surface area contributed by atoms with Crippen LogP contribution in [0.15, 0.2) is 29.2 Å². The van der Waals surface area contributed by atoms with E-state index in [0.29, 0.717) is 17.0 Å². The van der Waals surface area contributed by atoms with Crippen LogP contribution in [0.1, 0.15) is 32.6 Å². The largest absolute Gasteiger partial charge is 0.381 e. The van der Waals surface area contributed by atoms with Crippen LogP contribution in [0.5, 0.6) is 0 Å². The van der Waals surface area contributed by atoms with Crippen molar-refractivity contribution >= 4 is 15.5 Å². The van der Waals surface area contributed by atoms with E-state index >= 15 is 0 Å². The first-order valence-corrected chi connectivity index (χ1v) is 8.52. The lowest BCUT2D eigenvalue weighted by atomic mass is 9.92. The van der Waals surface area contributed by atoms with Crippen molar-refractivity contribution in [3.8, 4) is 0 Å². The van der Waals surface area contributed by atoms with Crippen molar-refractivity contribution in [1.29, 1.82) is 0 Å². The van der Waals surface area contributed by atoms with Crippen molar-refractivity contribution in [1.82, 2.24) is 0 Å². The molecular formula is C14H22N2O2S. The molecule has 1 saturated carbocycles. The predicted octanol–water partition coefficient (Wildman–Crippen LogP) is 2.16. The van der Waals surface area contributed by atoms with Crippen molar-refractivity contribution in [3.05, 3.63) is 24.3 Å². The minimum absolute atomic E-state index is 0.126. The van der Waals surface area contributed by atoms with Gasteiger partial charge < -0.3 is 11.1 Å². The Balaban J connectivity index is 2.17. The summed E-state index contributed by atoms with van der Waals surface area (Å²) in [6.07, 6.45) is 4.00. The van der Waals surface area contributed by atoms with Gasteiger partial charge in [-0.25, -0.2) is 8.42 Å². The smallest absolute Gasteiger partial charge is 0.180 e. The molecule has 106 valence electrons. The molecule has 0 spiro atoms. The van der Waals surface area contributed by atoms with Gasteiger partial charge in [-0.05, 0) is 37.8 Å². The minimum Gasteiger partial charge on any atom is -0.381 e. The summed E-state index contributed by atoms with van der Waals surface area (Å²) in [5.74, 6) is 0.126. The summed E-state index contributed by atoms with van der Waals surface area (Å²) in [6.45, 7) is 1.67. The molecule has 0 amide bonds.